The highest BCUT2D eigenvalue weighted by Crippen LogP contribution is 2.33. The Bertz CT molecular complexity index is 1070. The lowest BCUT2D eigenvalue weighted by Crippen LogP contribution is -2.50. The molecule has 3 atom stereocenters. The number of aromatic nitrogens is 2. The molecule has 2 fully saturated rings. The third-order valence-corrected chi connectivity index (χ3v) is 6.26. The average Bonchev–Trinajstić information content (AvgIpc) is 3.48. The average molecular weight is 457 g/mol. The second-order valence-corrected chi connectivity index (χ2v) is 8.89. The zero-order valence-electron chi connectivity index (χ0n) is 17.5. The van der Waals surface area contributed by atoms with Crippen molar-refractivity contribution in [2.24, 2.45) is 11.8 Å². The molecule has 1 aliphatic heterocycles. The summed E-state index contributed by atoms with van der Waals surface area (Å²) in [7, 11) is 0. The van der Waals surface area contributed by atoms with Crippen LogP contribution < -0.4 is 16.0 Å². The van der Waals surface area contributed by atoms with Crippen LogP contribution in [0, 0.1) is 23.2 Å². The zero-order chi connectivity index (χ0) is 22.7. The summed E-state index contributed by atoms with van der Waals surface area (Å²) in [4.78, 5) is 45.0. The molecule has 10 heteroatoms. The molecular weight excluding hydrogens is 432 g/mol. The van der Waals surface area contributed by atoms with Crippen LogP contribution in [0.3, 0.4) is 0 Å². The van der Waals surface area contributed by atoms with E-state index < -0.39 is 23.9 Å². The maximum atomic E-state index is 13.0. The van der Waals surface area contributed by atoms with Gasteiger partial charge < -0.3 is 20.9 Å². The number of benzene rings is 1. The molecule has 2 aliphatic rings. The summed E-state index contributed by atoms with van der Waals surface area (Å²) in [5, 5.41) is 18.2. The van der Waals surface area contributed by atoms with E-state index in [4.69, 9.17) is 11.6 Å². The fraction of sp³-hybridized carbons (Fsp3) is 0.500. The van der Waals surface area contributed by atoms with Crippen LogP contribution >= 0.6 is 11.6 Å². The smallest absolute Gasteiger partial charge is 0.287 e. The van der Waals surface area contributed by atoms with Crippen LogP contribution in [0.25, 0.3) is 11.0 Å². The molecule has 1 aromatic carbocycles. The summed E-state index contributed by atoms with van der Waals surface area (Å²) >= 11 is 6.13. The van der Waals surface area contributed by atoms with Crippen molar-refractivity contribution in [3.63, 3.8) is 0 Å². The van der Waals surface area contributed by atoms with E-state index in [0.717, 1.165) is 19.3 Å². The lowest BCUT2D eigenvalue weighted by molar-refractivity contribution is -0.128. The lowest BCUT2D eigenvalue weighted by Gasteiger charge is -2.25. The first kappa shape index (κ1) is 22.1. The first-order valence-corrected chi connectivity index (χ1v) is 11.2. The molecule has 3 amide bonds. The molecule has 168 valence electrons. The van der Waals surface area contributed by atoms with Crippen LogP contribution in [-0.2, 0) is 9.59 Å². The number of imidazole rings is 1. The van der Waals surface area contributed by atoms with Crippen molar-refractivity contribution in [2.45, 2.75) is 50.6 Å². The van der Waals surface area contributed by atoms with Gasteiger partial charge >= 0.3 is 0 Å². The maximum absolute atomic E-state index is 13.0. The van der Waals surface area contributed by atoms with Crippen LogP contribution in [0.2, 0.25) is 5.02 Å². The number of rotatable bonds is 8. The van der Waals surface area contributed by atoms with E-state index in [2.05, 4.69) is 32.0 Å². The maximum Gasteiger partial charge on any atom is 0.287 e. The lowest BCUT2D eigenvalue weighted by atomic mass is 9.92. The van der Waals surface area contributed by atoms with Crippen molar-refractivity contribution >= 4 is 40.4 Å². The van der Waals surface area contributed by atoms with Gasteiger partial charge in [-0.25, -0.2) is 4.98 Å². The van der Waals surface area contributed by atoms with Crippen LogP contribution in [-0.4, -0.2) is 46.3 Å². The number of piperidine rings is 1. The summed E-state index contributed by atoms with van der Waals surface area (Å²) in [5.41, 5.74) is 1.11. The molecule has 1 aromatic heterocycles. The van der Waals surface area contributed by atoms with Gasteiger partial charge in [-0.3, -0.25) is 14.4 Å². The van der Waals surface area contributed by atoms with E-state index in [1.807, 2.05) is 0 Å². The number of H-pyrrole nitrogens is 1. The number of para-hydroxylation sites is 1. The third-order valence-electron chi connectivity index (χ3n) is 5.96. The number of aromatic amines is 1. The first-order valence-electron chi connectivity index (χ1n) is 10.9. The van der Waals surface area contributed by atoms with Crippen molar-refractivity contribution in [3.05, 3.63) is 29.0 Å². The number of nitrogens with zero attached hydrogens (tertiary/aromatic N) is 2. The van der Waals surface area contributed by atoms with Gasteiger partial charge in [0.25, 0.3) is 5.91 Å². The number of nitriles is 1. The molecule has 9 nitrogen and oxygen atoms in total. The molecule has 1 aliphatic carbocycles. The van der Waals surface area contributed by atoms with E-state index in [-0.39, 0.29) is 24.1 Å². The van der Waals surface area contributed by atoms with Gasteiger partial charge in [0.15, 0.2) is 5.82 Å². The Morgan fingerprint density at radius 3 is 2.75 bits per heavy atom. The Morgan fingerprint density at radius 1 is 1.25 bits per heavy atom. The predicted molar refractivity (Wildman–Crippen MR) is 118 cm³/mol. The predicted octanol–water partition coefficient (Wildman–Crippen LogP) is 2.04. The number of fused-ring (bicyclic) bond motifs is 1. The Labute approximate surface area is 190 Å². The minimum atomic E-state index is -0.806. The van der Waals surface area contributed by atoms with Gasteiger partial charge in [0.05, 0.1) is 16.6 Å². The Kier molecular flexibility index (Phi) is 6.61. The number of halogens is 1. The van der Waals surface area contributed by atoms with Gasteiger partial charge in [-0.05, 0) is 43.7 Å². The summed E-state index contributed by atoms with van der Waals surface area (Å²) in [6.45, 7) is 0.640. The summed E-state index contributed by atoms with van der Waals surface area (Å²) in [6.07, 6.45) is 4.29. The molecule has 4 N–H and O–H groups in total. The second-order valence-electron chi connectivity index (χ2n) is 8.48. The number of amides is 3. The number of carbonyl (C=O) groups is 3. The van der Waals surface area contributed by atoms with Crippen LogP contribution in [0.15, 0.2) is 18.2 Å². The third kappa shape index (κ3) is 5.19. The van der Waals surface area contributed by atoms with E-state index in [1.165, 1.54) is 0 Å². The van der Waals surface area contributed by atoms with Gasteiger partial charge in [-0.15, -0.1) is 0 Å². The van der Waals surface area contributed by atoms with Gasteiger partial charge in [0, 0.05) is 12.5 Å². The van der Waals surface area contributed by atoms with Gasteiger partial charge in [-0.1, -0.05) is 30.5 Å². The highest BCUT2D eigenvalue weighted by Gasteiger charge is 2.33. The molecule has 0 bridgehead atoms. The number of hydrogen-bond donors (Lipinski definition) is 4. The van der Waals surface area contributed by atoms with E-state index in [0.29, 0.717) is 41.4 Å². The van der Waals surface area contributed by atoms with Crippen molar-refractivity contribution in [1.29, 1.82) is 5.26 Å². The SMILES string of the molecule is N#C[C@H](C[C@@H]1CCCNC1=O)NC(=O)[C@H](CC1CC1)NC(=O)c1nc2c(Cl)cccc2[nH]1. The molecular formula is C22H25ClN6O3. The highest BCUT2D eigenvalue weighted by molar-refractivity contribution is 6.35. The van der Waals surface area contributed by atoms with Crippen LogP contribution in [0.4, 0.5) is 0 Å². The Hall–Kier alpha value is -3.12. The van der Waals surface area contributed by atoms with E-state index >= 15 is 0 Å². The fourth-order valence-electron chi connectivity index (χ4n) is 4.01. The molecule has 1 saturated carbocycles. The molecule has 4 rings (SSSR count). The number of carbonyl (C=O) groups excluding carboxylic acids is 3. The summed E-state index contributed by atoms with van der Waals surface area (Å²) < 4.78 is 0. The summed E-state index contributed by atoms with van der Waals surface area (Å²) in [6, 6.07) is 5.67. The normalized spacial score (nSPS) is 20.1. The minimum absolute atomic E-state index is 0.0670. The van der Waals surface area contributed by atoms with E-state index in [9.17, 15) is 19.6 Å². The van der Waals surface area contributed by atoms with Gasteiger partial charge in [-0.2, -0.15) is 5.26 Å². The molecule has 0 unspecified atom stereocenters. The first-order chi connectivity index (χ1) is 15.4. The fourth-order valence-corrected chi connectivity index (χ4v) is 4.23. The van der Waals surface area contributed by atoms with Crippen molar-refractivity contribution in [2.75, 3.05) is 6.54 Å². The largest absolute Gasteiger partial charge is 0.356 e. The van der Waals surface area contributed by atoms with Crippen LogP contribution in [0.5, 0.6) is 0 Å². The Morgan fingerprint density at radius 2 is 2.06 bits per heavy atom. The molecule has 32 heavy (non-hydrogen) atoms. The molecule has 2 aromatic rings. The second kappa shape index (κ2) is 9.57. The molecule has 1 saturated heterocycles. The van der Waals surface area contributed by atoms with Crippen molar-refractivity contribution < 1.29 is 14.4 Å². The van der Waals surface area contributed by atoms with Crippen molar-refractivity contribution in [1.82, 2.24) is 25.9 Å². The minimum Gasteiger partial charge on any atom is -0.356 e. The summed E-state index contributed by atoms with van der Waals surface area (Å²) in [5.74, 6) is -0.902. The number of nitrogens with one attached hydrogen (secondary N) is 4. The quantitative estimate of drug-likeness (QED) is 0.481. The highest BCUT2D eigenvalue weighted by atomic mass is 35.5. The standard InChI is InChI=1S/C22H25ClN6O3/c23-15-4-1-5-16-18(15)29-19(27-16)22(32)28-17(9-12-6-7-12)21(31)26-14(11-24)10-13-3-2-8-25-20(13)30/h1,4-5,12-14,17H,2-3,6-10H2,(H,25,30)(H,26,31)(H,27,29)(H,28,32)/t13-,14-,17-/m0/s1. The Balaban J connectivity index is 1.42. The number of hydrogen-bond acceptors (Lipinski definition) is 5. The molecule has 0 radical (unpaired) electrons. The van der Waals surface area contributed by atoms with E-state index in [1.54, 1.807) is 18.2 Å². The van der Waals surface area contributed by atoms with Crippen molar-refractivity contribution in [3.8, 4) is 6.07 Å². The molecule has 2 heterocycles. The van der Waals surface area contributed by atoms with Gasteiger partial charge in [0.1, 0.15) is 17.6 Å². The van der Waals surface area contributed by atoms with Gasteiger partial charge in [0.2, 0.25) is 11.8 Å². The van der Waals surface area contributed by atoms with Crippen LogP contribution in [0.1, 0.15) is 49.1 Å². The monoisotopic (exact) mass is 456 g/mol. The molecule has 0 spiro atoms. The zero-order valence-corrected chi connectivity index (χ0v) is 18.2. The topological polar surface area (TPSA) is 140 Å².